The van der Waals surface area contributed by atoms with Crippen molar-refractivity contribution in [3.63, 3.8) is 0 Å². The number of amides is 2. The first-order valence-electron chi connectivity index (χ1n) is 6.89. The largest absolute Gasteiger partial charge is 0.507 e. The van der Waals surface area contributed by atoms with Gasteiger partial charge in [0.2, 0.25) is 0 Å². The van der Waals surface area contributed by atoms with Crippen LogP contribution in [0, 0.1) is 0 Å². The van der Waals surface area contributed by atoms with Crippen LogP contribution in [0.4, 0.5) is 18.0 Å². The molecule has 1 fully saturated rings. The van der Waals surface area contributed by atoms with E-state index in [1.54, 1.807) is 0 Å². The van der Waals surface area contributed by atoms with Crippen molar-refractivity contribution < 1.29 is 27.9 Å². The number of hydrogen-bond acceptors (Lipinski definition) is 4. The van der Waals surface area contributed by atoms with Gasteiger partial charge in [-0.2, -0.15) is 13.2 Å². The van der Waals surface area contributed by atoms with Crippen molar-refractivity contribution >= 4 is 29.0 Å². The lowest BCUT2D eigenvalue weighted by Crippen LogP contribution is -2.29. The molecule has 0 aromatic heterocycles. The van der Waals surface area contributed by atoms with E-state index < -0.39 is 28.6 Å². The molecule has 2 amide bonds. The molecule has 1 aromatic carbocycles. The summed E-state index contributed by atoms with van der Waals surface area (Å²) in [4.78, 5) is 25.1. The highest BCUT2D eigenvalue weighted by molar-refractivity contribution is 8.18. The first-order valence-corrected chi connectivity index (χ1v) is 7.71. The monoisotopic (exact) mass is 345 g/mol. The van der Waals surface area contributed by atoms with Gasteiger partial charge in [-0.05, 0) is 42.0 Å². The van der Waals surface area contributed by atoms with Crippen LogP contribution in [-0.4, -0.2) is 27.7 Å². The van der Waals surface area contributed by atoms with Crippen molar-refractivity contribution in [2.75, 3.05) is 6.54 Å². The molecule has 8 heteroatoms. The maximum atomic E-state index is 12.8. The highest BCUT2D eigenvalue weighted by atomic mass is 32.2. The summed E-state index contributed by atoms with van der Waals surface area (Å²) >= 11 is 0.699. The van der Waals surface area contributed by atoms with Crippen LogP contribution in [-0.2, 0) is 11.0 Å². The molecule has 1 heterocycles. The van der Waals surface area contributed by atoms with Gasteiger partial charge < -0.3 is 5.11 Å². The van der Waals surface area contributed by atoms with Gasteiger partial charge in [-0.25, -0.2) is 0 Å². The van der Waals surface area contributed by atoms with Crippen LogP contribution in [0.25, 0.3) is 6.08 Å². The van der Waals surface area contributed by atoms with Crippen LogP contribution in [0.1, 0.15) is 30.9 Å². The number of aromatic hydroxyl groups is 1. The molecule has 2 rings (SSSR count). The van der Waals surface area contributed by atoms with E-state index in [9.17, 15) is 27.9 Å². The topological polar surface area (TPSA) is 57.6 Å². The number of phenols is 1. The summed E-state index contributed by atoms with van der Waals surface area (Å²) in [6.07, 6.45) is -1.99. The molecule has 0 unspecified atom stereocenters. The number of carbonyl (C=O) groups excluding carboxylic acids is 2. The number of carbonyl (C=O) groups is 2. The van der Waals surface area contributed by atoms with Crippen LogP contribution in [0.2, 0.25) is 0 Å². The zero-order valence-corrected chi connectivity index (χ0v) is 13.0. The van der Waals surface area contributed by atoms with Crippen molar-refractivity contribution in [1.29, 1.82) is 0 Å². The third-order valence-corrected chi connectivity index (χ3v) is 4.14. The molecule has 0 bridgehead atoms. The molecular formula is C15H14F3NO3S. The summed E-state index contributed by atoms with van der Waals surface area (Å²) < 4.78 is 38.3. The molecule has 0 spiro atoms. The van der Waals surface area contributed by atoms with Gasteiger partial charge in [-0.1, -0.05) is 19.4 Å². The molecule has 0 saturated carbocycles. The number of nitrogens with zero attached hydrogens (tertiary/aromatic N) is 1. The summed E-state index contributed by atoms with van der Waals surface area (Å²) in [6.45, 7) is 2.21. The predicted molar refractivity (Wildman–Crippen MR) is 80.7 cm³/mol. The zero-order chi connectivity index (χ0) is 17.2. The van der Waals surface area contributed by atoms with Crippen molar-refractivity contribution in [2.24, 2.45) is 0 Å². The van der Waals surface area contributed by atoms with Crippen LogP contribution in [0.5, 0.6) is 5.75 Å². The van der Waals surface area contributed by atoms with E-state index in [2.05, 4.69) is 0 Å². The van der Waals surface area contributed by atoms with Gasteiger partial charge in [0.1, 0.15) is 5.75 Å². The summed E-state index contributed by atoms with van der Waals surface area (Å²) in [5.41, 5.74) is -1.09. The maximum Gasteiger partial charge on any atom is 0.419 e. The van der Waals surface area contributed by atoms with Gasteiger partial charge >= 0.3 is 6.18 Å². The minimum atomic E-state index is -4.70. The van der Waals surface area contributed by atoms with Crippen LogP contribution < -0.4 is 0 Å². The third-order valence-electron chi connectivity index (χ3n) is 3.23. The normalized spacial score (nSPS) is 17.4. The molecule has 1 aliphatic heterocycles. The van der Waals surface area contributed by atoms with Gasteiger partial charge in [0, 0.05) is 6.54 Å². The summed E-state index contributed by atoms with van der Waals surface area (Å²) in [7, 11) is 0. The van der Waals surface area contributed by atoms with Gasteiger partial charge in [-0.15, -0.1) is 0 Å². The number of phenolic OH excluding ortho intramolecular Hbond substituents is 1. The molecular weight excluding hydrogens is 331 g/mol. The molecule has 1 N–H and O–H groups in total. The van der Waals surface area contributed by atoms with Crippen molar-refractivity contribution in [2.45, 2.75) is 25.9 Å². The second-order valence-corrected chi connectivity index (χ2v) is 5.95. The highest BCUT2D eigenvalue weighted by Gasteiger charge is 2.36. The average Bonchev–Trinajstić information content (AvgIpc) is 2.72. The minimum absolute atomic E-state index is 0.0740. The first-order chi connectivity index (χ1) is 10.7. The molecule has 4 nitrogen and oxygen atoms in total. The second-order valence-electron chi connectivity index (χ2n) is 4.96. The number of imide groups is 1. The molecule has 0 radical (unpaired) electrons. The fourth-order valence-corrected chi connectivity index (χ4v) is 2.90. The SMILES string of the molecule is CCCCN1C(=O)S/C(=C\c2ccc(O)c(C(F)(F)F)c2)C1=O. The van der Waals surface area contributed by atoms with Crippen molar-refractivity contribution in [3.8, 4) is 5.75 Å². The Morgan fingerprint density at radius 3 is 2.61 bits per heavy atom. The summed E-state index contributed by atoms with van der Waals surface area (Å²) in [6, 6.07) is 2.91. The lowest BCUT2D eigenvalue weighted by atomic mass is 10.1. The molecule has 23 heavy (non-hydrogen) atoms. The molecule has 1 saturated heterocycles. The molecule has 0 aliphatic carbocycles. The number of benzene rings is 1. The minimum Gasteiger partial charge on any atom is -0.507 e. The Kier molecular flexibility index (Phi) is 5.03. The summed E-state index contributed by atoms with van der Waals surface area (Å²) in [5.74, 6) is -1.39. The molecule has 1 aliphatic rings. The number of hydrogen-bond donors (Lipinski definition) is 1. The van der Waals surface area contributed by atoms with Crippen LogP contribution >= 0.6 is 11.8 Å². The van der Waals surface area contributed by atoms with Crippen LogP contribution in [0.3, 0.4) is 0 Å². The number of halogens is 3. The Morgan fingerprint density at radius 2 is 2.00 bits per heavy atom. The maximum absolute atomic E-state index is 12.8. The van der Waals surface area contributed by atoms with Crippen LogP contribution in [0.15, 0.2) is 23.1 Å². The lowest BCUT2D eigenvalue weighted by Gasteiger charge is -2.11. The Bertz CT molecular complexity index is 670. The fraction of sp³-hybridized carbons (Fsp3) is 0.333. The van der Waals surface area contributed by atoms with E-state index in [0.29, 0.717) is 24.7 Å². The number of thioether (sulfide) groups is 1. The van der Waals surface area contributed by atoms with Crippen molar-refractivity contribution in [3.05, 3.63) is 34.2 Å². The smallest absolute Gasteiger partial charge is 0.419 e. The van der Waals surface area contributed by atoms with E-state index in [4.69, 9.17) is 0 Å². The average molecular weight is 345 g/mol. The standard InChI is InChI=1S/C15H14F3NO3S/c1-2-3-6-19-13(21)12(23-14(19)22)8-9-4-5-11(20)10(7-9)15(16,17)18/h4-5,7-8,20H,2-3,6H2,1H3/b12-8-. The molecule has 124 valence electrons. The molecule has 1 aromatic rings. The predicted octanol–water partition coefficient (Wildman–Crippen LogP) is 4.25. The van der Waals surface area contributed by atoms with Crippen molar-refractivity contribution in [1.82, 2.24) is 4.90 Å². The summed E-state index contributed by atoms with van der Waals surface area (Å²) in [5, 5.41) is 8.86. The Morgan fingerprint density at radius 1 is 1.30 bits per heavy atom. The first kappa shape index (κ1) is 17.4. The number of alkyl halides is 3. The van der Waals surface area contributed by atoms with Gasteiger partial charge in [0.05, 0.1) is 10.5 Å². The number of rotatable bonds is 4. The third kappa shape index (κ3) is 3.87. The van der Waals surface area contributed by atoms with E-state index in [1.807, 2.05) is 6.92 Å². The van der Waals surface area contributed by atoms with Gasteiger partial charge in [0.25, 0.3) is 11.1 Å². The highest BCUT2D eigenvalue weighted by Crippen LogP contribution is 2.38. The number of unbranched alkanes of at least 4 members (excludes halogenated alkanes) is 1. The fourth-order valence-electron chi connectivity index (χ4n) is 2.03. The lowest BCUT2D eigenvalue weighted by molar-refractivity contribution is -0.138. The Labute approximate surface area is 135 Å². The molecule has 0 atom stereocenters. The zero-order valence-electron chi connectivity index (χ0n) is 12.2. The van der Waals surface area contributed by atoms with Gasteiger partial charge in [0.15, 0.2) is 0 Å². The second kappa shape index (κ2) is 6.66. The quantitative estimate of drug-likeness (QED) is 0.829. The van der Waals surface area contributed by atoms with E-state index in [-0.39, 0.29) is 10.5 Å². The Balaban J connectivity index is 2.29. The Hall–Kier alpha value is -1.96. The van der Waals surface area contributed by atoms with E-state index in [0.717, 1.165) is 23.5 Å². The van der Waals surface area contributed by atoms with E-state index >= 15 is 0 Å². The van der Waals surface area contributed by atoms with E-state index in [1.165, 1.54) is 12.1 Å². The van der Waals surface area contributed by atoms with Gasteiger partial charge in [-0.3, -0.25) is 14.5 Å².